The van der Waals surface area contributed by atoms with Crippen LogP contribution in [0, 0.1) is 5.82 Å². The Morgan fingerprint density at radius 1 is 1.06 bits per heavy atom. The smallest absolute Gasteiger partial charge is 0.338 e. The second-order valence-electron chi connectivity index (χ2n) is 11.5. The van der Waals surface area contributed by atoms with E-state index in [1.165, 1.54) is 19.4 Å². The largest absolute Gasteiger partial charge is 0.755 e. The van der Waals surface area contributed by atoms with Crippen molar-refractivity contribution < 1.29 is 41.6 Å². The highest BCUT2D eigenvalue weighted by Crippen LogP contribution is 2.43. The zero-order valence-electron chi connectivity index (χ0n) is 25.5. The number of methoxy groups -OCH3 is 1. The number of anilines is 3. The molecule has 0 spiro atoms. The Morgan fingerprint density at radius 3 is 2.66 bits per heavy atom. The number of pyridine rings is 2. The van der Waals surface area contributed by atoms with Crippen molar-refractivity contribution in [3.8, 4) is 22.6 Å². The number of aromatic nitrogens is 2. The van der Waals surface area contributed by atoms with Crippen LogP contribution in [0.4, 0.5) is 21.5 Å². The molecule has 2 unspecified atom stereocenters. The Morgan fingerprint density at radius 2 is 1.89 bits per heavy atom. The Balaban J connectivity index is 1.37. The third kappa shape index (κ3) is 6.33. The van der Waals surface area contributed by atoms with Crippen LogP contribution in [-0.4, -0.2) is 77.0 Å². The standard InChI is InChI=1S/C33H33FN4O8S/c1-42-33(39)21-10-22(14-25(11-21)46-24-4-7-43-8-5-24)37-31-29(38(47(40)41)23-3-6-44-18-23)17-36-28-13-20(12-27(34)30(28)31)26-16-35-15-19-2-9-45-32(19)26/h10-17,23-24H,2-9,18H2,1H3,(H,36,37)(H,40,41)/p-1. The summed E-state index contributed by atoms with van der Waals surface area (Å²) in [4.78, 5) is 21.6. The minimum Gasteiger partial charge on any atom is -0.755 e. The molecule has 0 radical (unpaired) electrons. The molecule has 3 aliphatic rings. The van der Waals surface area contributed by atoms with Gasteiger partial charge in [0.1, 0.15) is 23.4 Å². The fourth-order valence-corrected chi connectivity index (χ4v) is 6.94. The van der Waals surface area contributed by atoms with Gasteiger partial charge in [0.2, 0.25) is 0 Å². The van der Waals surface area contributed by atoms with Crippen LogP contribution in [0.2, 0.25) is 0 Å². The highest BCUT2D eigenvalue weighted by atomic mass is 32.2. The molecule has 3 aliphatic heterocycles. The lowest BCUT2D eigenvalue weighted by molar-refractivity contribution is 0.0254. The first-order chi connectivity index (χ1) is 22.9. The minimum absolute atomic E-state index is 0.0532. The van der Waals surface area contributed by atoms with Crippen molar-refractivity contribution >= 4 is 45.2 Å². The molecule has 7 rings (SSSR count). The van der Waals surface area contributed by atoms with Gasteiger partial charge in [0.05, 0.1) is 73.6 Å². The maximum absolute atomic E-state index is 16.5. The molecule has 14 heteroatoms. The fourth-order valence-electron chi connectivity index (χ4n) is 6.23. The van der Waals surface area contributed by atoms with Crippen molar-refractivity contribution in [2.45, 2.75) is 37.8 Å². The lowest BCUT2D eigenvalue weighted by atomic mass is 10.0. The normalized spacial score (nSPS) is 18.4. The van der Waals surface area contributed by atoms with Crippen LogP contribution >= 0.6 is 0 Å². The molecule has 246 valence electrons. The molecular weight excluding hydrogens is 631 g/mol. The zero-order valence-corrected chi connectivity index (χ0v) is 26.3. The maximum atomic E-state index is 16.5. The van der Waals surface area contributed by atoms with Crippen LogP contribution in [0.5, 0.6) is 11.5 Å². The number of benzene rings is 2. The quantitative estimate of drug-likeness (QED) is 0.194. The van der Waals surface area contributed by atoms with Gasteiger partial charge in [0.25, 0.3) is 0 Å². The van der Waals surface area contributed by atoms with Crippen molar-refractivity contribution in [2.75, 3.05) is 49.8 Å². The first-order valence-corrected chi connectivity index (χ1v) is 16.4. The van der Waals surface area contributed by atoms with E-state index in [0.29, 0.717) is 80.4 Å². The number of hydrogen-bond donors (Lipinski definition) is 1. The predicted octanol–water partition coefficient (Wildman–Crippen LogP) is 4.85. The van der Waals surface area contributed by atoms with Gasteiger partial charge < -0.3 is 33.6 Å². The van der Waals surface area contributed by atoms with Crippen molar-refractivity contribution in [1.82, 2.24) is 9.97 Å². The lowest BCUT2D eigenvalue weighted by Gasteiger charge is -2.33. The molecule has 2 fully saturated rings. The third-order valence-corrected chi connectivity index (χ3v) is 9.32. The summed E-state index contributed by atoms with van der Waals surface area (Å²) in [7, 11) is 1.27. The van der Waals surface area contributed by atoms with Crippen LogP contribution in [0.3, 0.4) is 0 Å². The van der Waals surface area contributed by atoms with Crippen molar-refractivity contribution in [3.05, 3.63) is 65.9 Å². The Labute approximate surface area is 272 Å². The molecule has 2 aromatic heterocycles. The van der Waals surface area contributed by atoms with Gasteiger partial charge in [-0.15, -0.1) is 0 Å². The number of ether oxygens (including phenoxy) is 5. The molecule has 0 saturated carbocycles. The summed E-state index contributed by atoms with van der Waals surface area (Å²) in [5.41, 5.74) is 3.16. The van der Waals surface area contributed by atoms with Crippen LogP contribution in [0.1, 0.15) is 35.2 Å². The van der Waals surface area contributed by atoms with Gasteiger partial charge in [-0.25, -0.2) is 9.18 Å². The number of carbonyl (C=O) groups excluding carboxylic acids is 1. The topological polar surface area (TPSA) is 144 Å². The molecule has 0 bridgehead atoms. The average molecular weight is 664 g/mol. The molecule has 12 nitrogen and oxygen atoms in total. The van der Waals surface area contributed by atoms with Crippen LogP contribution in [0.25, 0.3) is 22.0 Å². The van der Waals surface area contributed by atoms with E-state index in [9.17, 15) is 13.6 Å². The van der Waals surface area contributed by atoms with E-state index in [1.54, 1.807) is 36.7 Å². The summed E-state index contributed by atoms with van der Waals surface area (Å²) in [5.74, 6) is -0.201. The second-order valence-corrected chi connectivity index (χ2v) is 12.3. The molecule has 0 aliphatic carbocycles. The van der Waals surface area contributed by atoms with Crippen molar-refractivity contribution in [3.63, 3.8) is 0 Å². The van der Waals surface area contributed by atoms with E-state index in [2.05, 4.69) is 15.3 Å². The van der Waals surface area contributed by atoms with Gasteiger partial charge in [0.15, 0.2) is 0 Å². The Kier molecular flexibility index (Phi) is 8.90. The zero-order chi connectivity index (χ0) is 32.5. The Bertz CT molecular complexity index is 1850. The summed E-state index contributed by atoms with van der Waals surface area (Å²) in [6.07, 6.45) is 7.14. The molecule has 4 aromatic rings. The molecule has 2 saturated heterocycles. The maximum Gasteiger partial charge on any atom is 0.338 e. The molecule has 0 amide bonds. The summed E-state index contributed by atoms with van der Waals surface area (Å²) >= 11 is -2.75. The monoisotopic (exact) mass is 663 g/mol. The minimum atomic E-state index is -2.75. The second kappa shape index (κ2) is 13.4. The number of nitrogens with one attached hydrogen (secondary N) is 1. The van der Waals surface area contributed by atoms with E-state index >= 15 is 4.39 Å². The Hall–Kier alpha value is -4.37. The van der Waals surface area contributed by atoms with Gasteiger partial charge in [-0.1, -0.05) is 0 Å². The van der Waals surface area contributed by atoms with Gasteiger partial charge in [0, 0.05) is 72.4 Å². The number of halogens is 1. The predicted molar refractivity (Wildman–Crippen MR) is 170 cm³/mol. The van der Waals surface area contributed by atoms with Gasteiger partial charge in [-0.3, -0.25) is 18.5 Å². The summed E-state index contributed by atoms with van der Waals surface area (Å²) in [5, 5.41) is 3.28. The van der Waals surface area contributed by atoms with E-state index in [-0.39, 0.29) is 40.6 Å². The highest BCUT2D eigenvalue weighted by Gasteiger charge is 2.29. The number of rotatable bonds is 9. The van der Waals surface area contributed by atoms with Crippen LogP contribution in [-0.2, 0) is 31.9 Å². The van der Waals surface area contributed by atoms with Gasteiger partial charge in [-0.05, 0) is 36.2 Å². The summed E-state index contributed by atoms with van der Waals surface area (Å²) in [6.45, 7) is 2.17. The van der Waals surface area contributed by atoms with Crippen molar-refractivity contribution in [2.24, 2.45) is 0 Å². The van der Waals surface area contributed by atoms with E-state index < -0.39 is 29.1 Å². The van der Waals surface area contributed by atoms with Crippen molar-refractivity contribution in [1.29, 1.82) is 0 Å². The summed E-state index contributed by atoms with van der Waals surface area (Å²) < 4.78 is 71.1. The summed E-state index contributed by atoms with van der Waals surface area (Å²) in [6, 6.07) is 7.34. The SMILES string of the molecule is COC(=O)c1cc(Nc2c(N(C3CCOC3)S(=O)[O-])cnc3cc(-c4cncc5c4OCC5)cc(F)c23)cc(OC2CCOCC2)c1. The molecule has 2 aromatic carbocycles. The van der Waals surface area contributed by atoms with E-state index in [4.69, 9.17) is 23.7 Å². The molecular formula is C33H32FN4O8S-. The molecule has 47 heavy (non-hydrogen) atoms. The highest BCUT2D eigenvalue weighted by molar-refractivity contribution is 7.80. The van der Waals surface area contributed by atoms with Gasteiger partial charge in [-0.2, -0.15) is 0 Å². The number of esters is 1. The third-order valence-electron chi connectivity index (χ3n) is 8.50. The van der Waals surface area contributed by atoms with Gasteiger partial charge >= 0.3 is 5.97 Å². The van der Waals surface area contributed by atoms with Crippen LogP contribution < -0.4 is 19.1 Å². The number of nitrogens with zero attached hydrogens (tertiary/aromatic N) is 3. The first kappa shape index (κ1) is 31.2. The molecule has 1 N–H and O–H groups in total. The van der Waals surface area contributed by atoms with E-state index in [1.807, 2.05) is 0 Å². The molecule has 5 heterocycles. The number of fused-ring (bicyclic) bond motifs is 2. The number of carbonyl (C=O) groups is 1. The lowest BCUT2D eigenvalue weighted by Crippen LogP contribution is -2.37. The first-order valence-electron chi connectivity index (χ1n) is 15.3. The number of hydrogen-bond acceptors (Lipinski definition) is 11. The van der Waals surface area contributed by atoms with E-state index in [0.717, 1.165) is 9.87 Å². The molecule has 2 atom stereocenters. The fraction of sp³-hybridized carbons (Fsp3) is 0.364. The average Bonchev–Trinajstić information content (AvgIpc) is 3.78. The van der Waals surface area contributed by atoms with Crippen LogP contribution in [0.15, 0.2) is 48.9 Å².